The van der Waals surface area contributed by atoms with Crippen molar-refractivity contribution >= 4 is 0 Å². The Morgan fingerprint density at radius 3 is 2.76 bits per heavy atom. The van der Waals surface area contributed by atoms with E-state index in [1.807, 2.05) is 18.2 Å². The molecule has 1 aromatic rings. The van der Waals surface area contributed by atoms with Gasteiger partial charge in [-0.05, 0) is 37.0 Å². The van der Waals surface area contributed by atoms with Gasteiger partial charge in [0.1, 0.15) is 18.5 Å². The average Bonchev–Trinajstić information content (AvgIpc) is 3.00. The molecule has 0 spiro atoms. The summed E-state index contributed by atoms with van der Waals surface area (Å²) >= 11 is 0. The van der Waals surface area contributed by atoms with Crippen molar-refractivity contribution in [1.29, 1.82) is 0 Å². The molecule has 0 aliphatic heterocycles. The molecule has 1 aromatic carbocycles. The van der Waals surface area contributed by atoms with Crippen LogP contribution in [0.3, 0.4) is 0 Å². The second-order valence-electron chi connectivity index (χ2n) is 5.99. The number of benzene rings is 1. The SMILES string of the molecule is CCc1cccc(OCC(O)CNC2(CO)CCCC2)c1. The van der Waals surface area contributed by atoms with E-state index >= 15 is 0 Å². The molecule has 0 aromatic heterocycles. The number of nitrogens with one attached hydrogen (secondary N) is 1. The summed E-state index contributed by atoms with van der Waals surface area (Å²) in [4.78, 5) is 0. The number of aliphatic hydroxyl groups excluding tert-OH is 2. The lowest BCUT2D eigenvalue weighted by Gasteiger charge is -2.29. The van der Waals surface area contributed by atoms with E-state index in [-0.39, 0.29) is 18.8 Å². The quantitative estimate of drug-likeness (QED) is 0.685. The molecule has 1 aliphatic rings. The molecule has 1 fully saturated rings. The molecule has 4 nitrogen and oxygen atoms in total. The zero-order valence-electron chi connectivity index (χ0n) is 12.8. The molecule has 1 saturated carbocycles. The first-order valence-corrected chi connectivity index (χ1v) is 7.93. The van der Waals surface area contributed by atoms with Crippen molar-refractivity contribution < 1.29 is 14.9 Å². The van der Waals surface area contributed by atoms with Gasteiger partial charge in [-0.1, -0.05) is 31.9 Å². The Bertz CT molecular complexity index is 430. The molecule has 0 bridgehead atoms. The highest BCUT2D eigenvalue weighted by molar-refractivity contribution is 5.28. The van der Waals surface area contributed by atoms with Crippen molar-refractivity contribution in [2.24, 2.45) is 0 Å². The van der Waals surface area contributed by atoms with Crippen molar-refractivity contribution in [3.8, 4) is 5.75 Å². The fourth-order valence-electron chi connectivity index (χ4n) is 2.88. The van der Waals surface area contributed by atoms with Crippen LogP contribution >= 0.6 is 0 Å². The highest BCUT2D eigenvalue weighted by Gasteiger charge is 2.32. The van der Waals surface area contributed by atoms with Gasteiger partial charge in [-0.15, -0.1) is 0 Å². The molecular formula is C17H27NO3. The van der Waals surface area contributed by atoms with Gasteiger partial charge in [0.2, 0.25) is 0 Å². The highest BCUT2D eigenvalue weighted by atomic mass is 16.5. The summed E-state index contributed by atoms with van der Waals surface area (Å²) in [6, 6.07) is 7.95. The fraction of sp³-hybridized carbons (Fsp3) is 0.647. The maximum atomic E-state index is 10.0. The highest BCUT2D eigenvalue weighted by Crippen LogP contribution is 2.28. The molecule has 1 unspecified atom stereocenters. The van der Waals surface area contributed by atoms with Crippen LogP contribution in [0, 0.1) is 0 Å². The molecule has 1 aliphatic carbocycles. The summed E-state index contributed by atoms with van der Waals surface area (Å²) < 4.78 is 5.64. The van der Waals surface area contributed by atoms with Crippen LogP contribution in [0.15, 0.2) is 24.3 Å². The summed E-state index contributed by atoms with van der Waals surface area (Å²) in [5.41, 5.74) is 1.04. The first kappa shape index (κ1) is 16.3. The number of rotatable bonds is 8. The van der Waals surface area contributed by atoms with Crippen LogP contribution in [0.4, 0.5) is 0 Å². The zero-order valence-corrected chi connectivity index (χ0v) is 12.8. The van der Waals surface area contributed by atoms with Crippen molar-refractivity contribution in [3.63, 3.8) is 0 Å². The Morgan fingerprint density at radius 1 is 1.33 bits per heavy atom. The largest absolute Gasteiger partial charge is 0.491 e. The summed E-state index contributed by atoms with van der Waals surface area (Å²) in [5.74, 6) is 0.797. The van der Waals surface area contributed by atoms with Gasteiger partial charge in [0, 0.05) is 12.1 Å². The minimum atomic E-state index is -0.570. The second-order valence-corrected chi connectivity index (χ2v) is 5.99. The van der Waals surface area contributed by atoms with Crippen molar-refractivity contribution in [2.45, 2.75) is 50.7 Å². The average molecular weight is 293 g/mol. The van der Waals surface area contributed by atoms with E-state index in [0.717, 1.165) is 37.9 Å². The van der Waals surface area contributed by atoms with Gasteiger partial charge in [-0.25, -0.2) is 0 Å². The summed E-state index contributed by atoms with van der Waals surface area (Å²) in [6.45, 7) is 2.96. The van der Waals surface area contributed by atoms with E-state index in [4.69, 9.17) is 4.74 Å². The Hall–Kier alpha value is -1.10. The minimum absolute atomic E-state index is 0.138. The summed E-state index contributed by atoms with van der Waals surface area (Å²) in [5, 5.41) is 22.9. The normalized spacial score (nSPS) is 18.6. The minimum Gasteiger partial charge on any atom is -0.491 e. The lowest BCUT2D eigenvalue weighted by Crippen LogP contribution is -2.49. The third-order valence-electron chi connectivity index (χ3n) is 4.33. The zero-order chi connectivity index (χ0) is 15.1. The van der Waals surface area contributed by atoms with E-state index < -0.39 is 6.10 Å². The molecule has 21 heavy (non-hydrogen) atoms. The van der Waals surface area contributed by atoms with Crippen molar-refractivity contribution in [1.82, 2.24) is 5.32 Å². The van der Waals surface area contributed by atoms with Crippen LogP contribution in [0.25, 0.3) is 0 Å². The van der Waals surface area contributed by atoms with E-state index in [9.17, 15) is 10.2 Å². The number of hydrogen-bond acceptors (Lipinski definition) is 4. The van der Waals surface area contributed by atoms with E-state index in [2.05, 4.69) is 18.3 Å². The maximum absolute atomic E-state index is 10.0. The molecule has 3 N–H and O–H groups in total. The van der Waals surface area contributed by atoms with Gasteiger partial charge in [0.25, 0.3) is 0 Å². The number of aryl methyl sites for hydroxylation is 1. The third-order valence-corrected chi connectivity index (χ3v) is 4.33. The fourth-order valence-corrected chi connectivity index (χ4v) is 2.88. The van der Waals surface area contributed by atoms with Gasteiger partial charge in [0.15, 0.2) is 0 Å². The van der Waals surface area contributed by atoms with Crippen LogP contribution in [0.1, 0.15) is 38.2 Å². The number of ether oxygens (including phenoxy) is 1. The van der Waals surface area contributed by atoms with Gasteiger partial charge in [-0.2, -0.15) is 0 Å². The predicted octanol–water partition coefficient (Wildman–Crippen LogP) is 1.88. The van der Waals surface area contributed by atoms with Gasteiger partial charge < -0.3 is 20.3 Å². The monoisotopic (exact) mass is 293 g/mol. The predicted molar refractivity (Wildman–Crippen MR) is 83.6 cm³/mol. The number of aliphatic hydroxyl groups is 2. The smallest absolute Gasteiger partial charge is 0.119 e. The van der Waals surface area contributed by atoms with Crippen LogP contribution in [0.2, 0.25) is 0 Å². The van der Waals surface area contributed by atoms with Crippen molar-refractivity contribution in [2.75, 3.05) is 19.8 Å². The van der Waals surface area contributed by atoms with Gasteiger partial charge in [0.05, 0.1) is 6.61 Å². The molecular weight excluding hydrogens is 266 g/mol. The molecule has 4 heteroatoms. The molecule has 0 radical (unpaired) electrons. The Labute approximate surface area is 127 Å². The van der Waals surface area contributed by atoms with Crippen LogP contribution in [-0.2, 0) is 6.42 Å². The second kappa shape index (κ2) is 7.78. The number of hydrogen-bond donors (Lipinski definition) is 3. The Kier molecular flexibility index (Phi) is 6.03. The molecule has 1 atom stereocenters. The topological polar surface area (TPSA) is 61.7 Å². The first-order chi connectivity index (χ1) is 10.2. The van der Waals surface area contributed by atoms with Crippen LogP contribution in [-0.4, -0.2) is 41.6 Å². The Balaban J connectivity index is 1.75. The summed E-state index contributed by atoms with van der Waals surface area (Å²) in [7, 11) is 0. The molecule has 2 rings (SSSR count). The first-order valence-electron chi connectivity index (χ1n) is 7.93. The standard InChI is InChI=1S/C17H27NO3/c1-2-14-6-5-7-16(10-14)21-12-15(20)11-18-17(13-19)8-3-4-9-17/h5-7,10,15,18-20H,2-4,8-9,11-13H2,1H3. The van der Waals surface area contributed by atoms with Gasteiger partial charge >= 0.3 is 0 Å². The number of β-amino-alcohol motifs (C(OH)–C–C–N with tert-alkyl or cyclic N) is 1. The van der Waals surface area contributed by atoms with E-state index in [0.29, 0.717) is 6.54 Å². The van der Waals surface area contributed by atoms with Gasteiger partial charge in [-0.3, -0.25) is 0 Å². The lowest BCUT2D eigenvalue weighted by molar-refractivity contribution is 0.0849. The van der Waals surface area contributed by atoms with Crippen LogP contribution in [0.5, 0.6) is 5.75 Å². The summed E-state index contributed by atoms with van der Waals surface area (Å²) in [6.07, 6.45) is 4.65. The molecule has 0 saturated heterocycles. The van der Waals surface area contributed by atoms with Crippen molar-refractivity contribution in [3.05, 3.63) is 29.8 Å². The maximum Gasteiger partial charge on any atom is 0.119 e. The lowest BCUT2D eigenvalue weighted by atomic mass is 9.99. The Morgan fingerprint density at radius 2 is 2.10 bits per heavy atom. The van der Waals surface area contributed by atoms with Crippen LogP contribution < -0.4 is 10.1 Å². The van der Waals surface area contributed by atoms with E-state index in [1.165, 1.54) is 5.56 Å². The molecule has 118 valence electrons. The third kappa shape index (κ3) is 4.70. The van der Waals surface area contributed by atoms with E-state index in [1.54, 1.807) is 0 Å². The molecule has 0 heterocycles. The molecule has 0 amide bonds.